The second kappa shape index (κ2) is 5.67. The van der Waals surface area contributed by atoms with E-state index in [4.69, 9.17) is 0 Å². The van der Waals surface area contributed by atoms with E-state index < -0.39 is 6.10 Å². The number of benzene rings is 1. The Kier molecular flexibility index (Phi) is 4.20. The van der Waals surface area contributed by atoms with E-state index in [0.29, 0.717) is 5.75 Å². The summed E-state index contributed by atoms with van der Waals surface area (Å²) in [4.78, 5) is 1.99. The fourth-order valence-corrected chi connectivity index (χ4v) is 3.37. The molecule has 1 nitrogen and oxygen atoms in total. The van der Waals surface area contributed by atoms with Gasteiger partial charge in [-0.2, -0.15) is 0 Å². The molecule has 1 heterocycles. The van der Waals surface area contributed by atoms with Crippen LogP contribution in [0, 0.1) is 12.7 Å². The molecule has 1 atom stereocenters. The van der Waals surface area contributed by atoms with Crippen LogP contribution in [0.5, 0.6) is 0 Å². The minimum absolute atomic E-state index is 0.232. The van der Waals surface area contributed by atoms with E-state index in [2.05, 4.69) is 0 Å². The monoisotopic (exact) mass is 268 g/mol. The number of aliphatic hydroxyl groups excluding tert-OH is 1. The zero-order chi connectivity index (χ0) is 12.3. The van der Waals surface area contributed by atoms with Gasteiger partial charge in [0.25, 0.3) is 0 Å². The molecule has 1 N–H and O–H groups in total. The van der Waals surface area contributed by atoms with Crippen molar-refractivity contribution >= 4 is 23.1 Å². The summed E-state index contributed by atoms with van der Waals surface area (Å²) >= 11 is 3.11. The Hall–Kier alpha value is -0.840. The van der Waals surface area contributed by atoms with E-state index in [9.17, 15) is 9.50 Å². The molecule has 0 aliphatic carbocycles. The van der Waals surface area contributed by atoms with Gasteiger partial charge in [0.05, 0.1) is 6.10 Å². The van der Waals surface area contributed by atoms with Crippen LogP contribution < -0.4 is 0 Å². The SMILES string of the molecule is Cc1ccsc1C(O)CSc1ccc(F)cc1. The van der Waals surface area contributed by atoms with Gasteiger partial charge in [-0.3, -0.25) is 0 Å². The van der Waals surface area contributed by atoms with Gasteiger partial charge >= 0.3 is 0 Å². The van der Waals surface area contributed by atoms with Crippen molar-refractivity contribution in [3.05, 3.63) is 52.0 Å². The number of thioether (sulfide) groups is 1. The summed E-state index contributed by atoms with van der Waals surface area (Å²) in [5.41, 5.74) is 1.13. The summed E-state index contributed by atoms with van der Waals surface area (Å²) in [6, 6.07) is 8.34. The molecule has 0 saturated heterocycles. The molecule has 17 heavy (non-hydrogen) atoms. The summed E-state index contributed by atoms with van der Waals surface area (Å²) in [6.07, 6.45) is -0.454. The Balaban J connectivity index is 1.94. The Bertz CT molecular complexity index is 478. The van der Waals surface area contributed by atoms with Gasteiger partial charge in [-0.25, -0.2) is 4.39 Å². The molecule has 1 aromatic carbocycles. The molecule has 0 fully saturated rings. The molecular weight excluding hydrogens is 255 g/mol. The summed E-state index contributed by atoms with van der Waals surface area (Å²) in [7, 11) is 0. The lowest BCUT2D eigenvalue weighted by atomic mass is 10.2. The average molecular weight is 268 g/mol. The fraction of sp³-hybridized carbons (Fsp3) is 0.231. The van der Waals surface area contributed by atoms with Crippen molar-refractivity contribution in [3.8, 4) is 0 Å². The Morgan fingerprint density at radius 2 is 2.00 bits per heavy atom. The zero-order valence-electron chi connectivity index (χ0n) is 9.39. The molecule has 1 aromatic heterocycles. The highest BCUT2D eigenvalue weighted by Gasteiger charge is 2.12. The van der Waals surface area contributed by atoms with Crippen LogP contribution in [0.1, 0.15) is 16.5 Å². The summed E-state index contributed by atoms with van der Waals surface area (Å²) < 4.78 is 12.7. The number of thiophene rings is 1. The summed E-state index contributed by atoms with van der Waals surface area (Å²) in [6.45, 7) is 2.00. The Morgan fingerprint density at radius 3 is 2.59 bits per heavy atom. The van der Waals surface area contributed by atoms with Crippen LogP contribution in [0.3, 0.4) is 0 Å². The van der Waals surface area contributed by atoms with Gasteiger partial charge < -0.3 is 5.11 Å². The highest BCUT2D eigenvalue weighted by atomic mass is 32.2. The van der Waals surface area contributed by atoms with Crippen LogP contribution >= 0.6 is 23.1 Å². The molecule has 0 amide bonds. The highest BCUT2D eigenvalue weighted by molar-refractivity contribution is 7.99. The molecule has 0 aliphatic rings. The van der Waals surface area contributed by atoms with Gasteiger partial charge in [-0.15, -0.1) is 23.1 Å². The van der Waals surface area contributed by atoms with E-state index in [1.54, 1.807) is 23.5 Å². The molecule has 0 spiro atoms. The van der Waals surface area contributed by atoms with Crippen LogP contribution in [-0.4, -0.2) is 10.9 Å². The third-order valence-corrected chi connectivity index (χ3v) is 4.63. The van der Waals surface area contributed by atoms with Crippen molar-refractivity contribution in [2.45, 2.75) is 17.9 Å². The topological polar surface area (TPSA) is 20.2 Å². The van der Waals surface area contributed by atoms with E-state index >= 15 is 0 Å². The number of hydrogen-bond acceptors (Lipinski definition) is 3. The van der Waals surface area contributed by atoms with Gasteiger partial charge in [0, 0.05) is 15.5 Å². The Morgan fingerprint density at radius 1 is 1.29 bits per heavy atom. The van der Waals surface area contributed by atoms with Gasteiger partial charge in [0.15, 0.2) is 0 Å². The molecule has 90 valence electrons. The van der Waals surface area contributed by atoms with Crippen molar-refractivity contribution < 1.29 is 9.50 Å². The second-order valence-electron chi connectivity index (χ2n) is 3.75. The first-order valence-corrected chi connectivity index (χ1v) is 7.14. The lowest BCUT2D eigenvalue weighted by Gasteiger charge is -2.09. The predicted molar refractivity (Wildman–Crippen MR) is 71.1 cm³/mol. The number of hydrogen-bond donors (Lipinski definition) is 1. The maximum atomic E-state index is 12.7. The van der Waals surface area contributed by atoms with Crippen molar-refractivity contribution in [1.82, 2.24) is 0 Å². The van der Waals surface area contributed by atoms with Crippen LogP contribution in [0.15, 0.2) is 40.6 Å². The first-order valence-electron chi connectivity index (χ1n) is 5.27. The van der Waals surface area contributed by atoms with Crippen LogP contribution in [-0.2, 0) is 0 Å². The summed E-state index contributed by atoms with van der Waals surface area (Å²) in [5, 5.41) is 12.0. The van der Waals surface area contributed by atoms with Crippen LogP contribution in [0.2, 0.25) is 0 Å². The third-order valence-electron chi connectivity index (χ3n) is 2.43. The van der Waals surface area contributed by atoms with E-state index in [1.165, 1.54) is 23.9 Å². The van der Waals surface area contributed by atoms with Crippen molar-refractivity contribution in [1.29, 1.82) is 0 Å². The quantitative estimate of drug-likeness (QED) is 0.845. The minimum atomic E-state index is -0.454. The zero-order valence-corrected chi connectivity index (χ0v) is 11.0. The first kappa shape index (κ1) is 12.6. The van der Waals surface area contributed by atoms with Gasteiger partial charge in [-0.05, 0) is 48.2 Å². The fourth-order valence-electron chi connectivity index (χ4n) is 1.51. The highest BCUT2D eigenvalue weighted by Crippen LogP contribution is 2.29. The molecule has 2 aromatic rings. The number of aliphatic hydroxyl groups is 1. The molecule has 0 radical (unpaired) electrons. The average Bonchev–Trinajstić information content (AvgIpc) is 2.74. The van der Waals surface area contributed by atoms with Gasteiger partial charge in [0.1, 0.15) is 5.82 Å². The van der Waals surface area contributed by atoms with Crippen LogP contribution in [0.4, 0.5) is 4.39 Å². The van der Waals surface area contributed by atoms with Gasteiger partial charge in [-0.1, -0.05) is 0 Å². The third kappa shape index (κ3) is 3.31. The molecule has 2 rings (SSSR count). The van der Waals surface area contributed by atoms with Crippen molar-refractivity contribution in [3.63, 3.8) is 0 Å². The first-order chi connectivity index (χ1) is 8.16. The largest absolute Gasteiger partial charge is 0.387 e. The molecule has 0 bridgehead atoms. The smallest absolute Gasteiger partial charge is 0.123 e. The number of aryl methyl sites for hydroxylation is 1. The molecule has 1 unspecified atom stereocenters. The Labute approximate surface area is 108 Å². The number of halogens is 1. The summed E-state index contributed by atoms with van der Waals surface area (Å²) in [5.74, 6) is 0.358. The predicted octanol–water partition coefficient (Wildman–Crippen LogP) is 4.02. The maximum Gasteiger partial charge on any atom is 0.123 e. The lowest BCUT2D eigenvalue weighted by molar-refractivity contribution is 0.207. The van der Waals surface area contributed by atoms with Crippen molar-refractivity contribution in [2.75, 3.05) is 5.75 Å². The van der Waals surface area contributed by atoms with E-state index in [0.717, 1.165) is 15.3 Å². The van der Waals surface area contributed by atoms with Crippen LogP contribution in [0.25, 0.3) is 0 Å². The molecular formula is C13H13FOS2. The van der Waals surface area contributed by atoms with E-state index in [-0.39, 0.29) is 5.82 Å². The van der Waals surface area contributed by atoms with Crippen molar-refractivity contribution in [2.24, 2.45) is 0 Å². The number of rotatable bonds is 4. The van der Waals surface area contributed by atoms with Gasteiger partial charge in [0.2, 0.25) is 0 Å². The normalized spacial score (nSPS) is 12.6. The molecule has 0 aliphatic heterocycles. The standard InChI is InChI=1S/C13H13FOS2/c1-9-6-7-16-13(9)12(15)8-17-11-4-2-10(14)3-5-11/h2-7,12,15H,8H2,1H3. The lowest BCUT2D eigenvalue weighted by Crippen LogP contribution is -1.99. The maximum absolute atomic E-state index is 12.7. The minimum Gasteiger partial charge on any atom is -0.387 e. The second-order valence-corrected chi connectivity index (χ2v) is 5.79. The molecule has 4 heteroatoms. The molecule has 0 saturated carbocycles. The van der Waals surface area contributed by atoms with E-state index in [1.807, 2.05) is 18.4 Å².